The van der Waals surface area contributed by atoms with Crippen LogP contribution in [-0.2, 0) is 54.8 Å². The zero-order valence-corrected chi connectivity index (χ0v) is 37.5. The van der Waals surface area contributed by atoms with Gasteiger partial charge >= 0.3 is 30.3 Å². The van der Waals surface area contributed by atoms with Gasteiger partial charge in [-0.2, -0.15) is 0 Å². The number of unbranched alkanes of at least 4 members (excludes halogenated alkanes) is 2. The lowest BCUT2D eigenvalue weighted by atomic mass is 9.78. The first-order chi connectivity index (χ1) is 32.7. The highest BCUT2D eigenvalue weighted by molar-refractivity contribution is 6.08. The summed E-state index contributed by atoms with van der Waals surface area (Å²) in [5, 5.41) is 2.63. The zero-order chi connectivity index (χ0) is 46.8. The summed E-state index contributed by atoms with van der Waals surface area (Å²) >= 11 is 0. The number of ether oxygens (including phenoxy) is 4. The van der Waals surface area contributed by atoms with Crippen molar-refractivity contribution in [3.05, 3.63) is 138 Å². The molecule has 6 amide bonds. The fraction of sp³-hybridized carbons (Fsp3) is 0.400. The average molecular weight is 916 g/mol. The van der Waals surface area contributed by atoms with Gasteiger partial charge in [-0.15, -0.1) is 4.99 Å². The Kier molecular flexibility index (Phi) is 17.3. The number of aromatic nitrogens is 1. The Labute approximate surface area is 390 Å². The number of hydrogen-bond acceptors (Lipinski definition) is 11. The average Bonchev–Trinajstić information content (AvgIpc) is 3.37. The first-order valence-electron chi connectivity index (χ1n) is 22.9. The number of piperidine rings is 1. The molecule has 17 heteroatoms. The van der Waals surface area contributed by atoms with E-state index in [4.69, 9.17) is 18.9 Å². The van der Waals surface area contributed by atoms with Crippen molar-refractivity contribution in [2.24, 2.45) is 16.8 Å². The van der Waals surface area contributed by atoms with Gasteiger partial charge in [0.25, 0.3) is 0 Å². The van der Waals surface area contributed by atoms with E-state index in [1.54, 1.807) is 11.1 Å². The van der Waals surface area contributed by atoms with Crippen LogP contribution in [0.3, 0.4) is 0 Å². The van der Waals surface area contributed by atoms with Gasteiger partial charge in [-0.05, 0) is 79.7 Å². The maximum Gasteiger partial charge on any atom is 0.437 e. The predicted octanol–water partition coefficient (Wildman–Crippen LogP) is 6.96. The Morgan fingerprint density at radius 1 is 0.657 bits per heavy atom. The van der Waals surface area contributed by atoms with Crippen LogP contribution in [0, 0.1) is 11.8 Å². The highest BCUT2D eigenvalue weighted by Crippen LogP contribution is 2.37. The molecule has 17 nitrogen and oxygen atoms in total. The van der Waals surface area contributed by atoms with E-state index in [9.17, 15) is 28.8 Å². The number of guanidine groups is 1. The quantitative estimate of drug-likeness (QED) is 0.0323. The van der Waals surface area contributed by atoms with Crippen molar-refractivity contribution in [3.63, 3.8) is 0 Å². The maximum atomic E-state index is 14.1. The van der Waals surface area contributed by atoms with Crippen molar-refractivity contribution < 1.29 is 47.7 Å². The lowest BCUT2D eigenvalue weighted by Crippen LogP contribution is -2.70. The summed E-state index contributed by atoms with van der Waals surface area (Å²) in [7, 11) is 0. The number of carbonyl (C=O) groups excluding carboxylic acids is 6. The van der Waals surface area contributed by atoms with Crippen LogP contribution in [0.15, 0.2) is 120 Å². The van der Waals surface area contributed by atoms with E-state index in [-0.39, 0.29) is 77.4 Å². The third-order valence-corrected chi connectivity index (χ3v) is 12.0. The van der Waals surface area contributed by atoms with Crippen LogP contribution < -0.4 is 5.32 Å². The first kappa shape index (κ1) is 47.7. The normalized spacial score (nSPS) is 18.4. The highest BCUT2D eigenvalue weighted by atomic mass is 16.6. The van der Waals surface area contributed by atoms with E-state index < -0.39 is 48.1 Å². The molecule has 0 spiro atoms. The summed E-state index contributed by atoms with van der Waals surface area (Å²) < 4.78 is 22.1. The minimum absolute atomic E-state index is 0.0151. The van der Waals surface area contributed by atoms with Crippen molar-refractivity contribution in [2.45, 2.75) is 70.8 Å². The molecular formula is C50H57N7O10. The second-order valence-corrected chi connectivity index (χ2v) is 16.7. The molecule has 0 saturated carbocycles. The number of nitrogens with one attached hydrogen (secondary N) is 1. The van der Waals surface area contributed by atoms with Gasteiger partial charge in [0.2, 0.25) is 11.9 Å². The monoisotopic (exact) mass is 915 g/mol. The van der Waals surface area contributed by atoms with Gasteiger partial charge < -0.3 is 33.6 Å². The Balaban J connectivity index is 0.965. The second kappa shape index (κ2) is 24.3. The highest BCUT2D eigenvalue weighted by Gasteiger charge is 2.57. The summed E-state index contributed by atoms with van der Waals surface area (Å²) in [6.45, 7) is 1.56. The number of aryl methyl sites for hydroxylation is 1. The summed E-state index contributed by atoms with van der Waals surface area (Å²) in [4.78, 5) is 95.3. The number of benzene rings is 3. The molecule has 0 aliphatic carbocycles. The van der Waals surface area contributed by atoms with E-state index in [2.05, 4.69) is 15.3 Å². The molecule has 7 rings (SSSR count). The summed E-state index contributed by atoms with van der Waals surface area (Å²) in [5.74, 6) is -2.38. The summed E-state index contributed by atoms with van der Waals surface area (Å²) in [6.07, 6.45) is 4.44. The molecule has 352 valence electrons. The Hall–Kier alpha value is -7.30. The Bertz CT molecular complexity index is 2300. The molecule has 0 radical (unpaired) electrons. The smallest absolute Gasteiger partial charge is 0.437 e. The fourth-order valence-electron chi connectivity index (χ4n) is 8.36. The van der Waals surface area contributed by atoms with E-state index >= 15 is 0 Å². The molecule has 3 atom stereocenters. The van der Waals surface area contributed by atoms with Gasteiger partial charge in [-0.1, -0.05) is 97.1 Å². The molecule has 1 aromatic heterocycles. The number of amides is 6. The minimum atomic E-state index is -1.19. The fourth-order valence-corrected chi connectivity index (χ4v) is 8.36. The molecule has 0 bridgehead atoms. The van der Waals surface area contributed by atoms with Crippen molar-refractivity contribution in [1.82, 2.24) is 29.9 Å². The van der Waals surface area contributed by atoms with Crippen LogP contribution in [0.4, 0.5) is 19.2 Å². The number of piperazine rings is 1. The molecular weight excluding hydrogens is 859 g/mol. The van der Waals surface area contributed by atoms with E-state index in [0.29, 0.717) is 19.4 Å². The van der Waals surface area contributed by atoms with Crippen LogP contribution in [-0.4, -0.2) is 119 Å². The number of imide groups is 1. The van der Waals surface area contributed by atoms with Crippen LogP contribution in [0.5, 0.6) is 0 Å². The summed E-state index contributed by atoms with van der Waals surface area (Å²) in [6, 6.07) is 31.4. The van der Waals surface area contributed by atoms with Gasteiger partial charge in [-0.3, -0.25) is 15.1 Å². The predicted molar refractivity (Wildman–Crippen MR) is 245 cm³/mol. The number of aliphatic imine (C=N–C) groups is 1. The third kappa shape index (κ3) is 13.9. The van der Waals surface area contributed by atoms with Crippen LogP contribution in [0.2, 0.25) is 0 Å². The van der Waals surface area contributed by atoms with E-state index in [0.717, 1.165) is 53.0 Å². The summed E-state index contributed by atoms with van der Waals surface area (Å²) in [5.41, 5.74) is 3.30. The van der Waals surface area contributed by atoms with E-state index in [1.165, 1.54) is 9.80 Å². The number of nitrogens with zero attached hydrogens (tertiary/aromatic N) is 6. The number of pyridine rings is 1. The molecule has 3 aliphatic rings. The number of urea groups is 1. The first-order valence-corrected chi connectivity index (χ1v) is 22.9. The molecule has 3 aromatic carbocycles. The van der Waals surface area contributed by atoms with Gasteiger partial charge in [-0.25, -0.2) is 28.9 Å². The second-order valence-electron chi connectivity index (χ2n) is 16.7. The number of likely N-dealkylation sites (tertiary alicyclic amines) is 2. The zero-order valence-electron chi connectivity index (χ0n) is 37.5. The topological polar surface area (TPSA) is 190 Å². The van der Waals surface area contributed by atoms with Crippen LogP contribution >= 0.6 is 0 Å². The van der Waals surface area contributed by atoms with Gasteiger partial charge in [0.15, 0.2) is 6.04 Å². The van der Waals surface area contributed by atoms with Crippen molar-refractivity contribution in [2.75, 3.05) is 45.9 Å². The number of esters is 1. The number of rotatable bonds is 15. The maximum absolute atomic E-state index is 14.1. The molecule has 67 heavy (non-hydrogen) atoms. The molecule has 3 fully saturated rings. The van der Waals surface area contributed by atoms with Crippen LogP contribution in [0.25, 0.3) is 0 Å². The Morgan fingerprint density at radius 2 is 1.27 bits per heavy atom. The SMILES string of the molecule is O=C(/N=C(\NC(=O)OCc1ccccc1)N1CCCC(CC2C(=O)N(C(=O)N3CCN(C(=O)OCCCCCc4ccccn4)CC3)C2C(=O)OCc2ccccc2)C1)OCc1ccccc1. The molecule has 4 aromatic rings. The lowest BCUT2D eigenvalue weighted by Gasteiger charge is -2.48. The van der Waals surface area contributed by atoms with Crippen molar-refractivity contribution >= 4 is 42.1 Å². The van der Waals surface area contributed by atoms with Crippen molar-refractivity contribution in [3.8, 4) is 0 Å². The molecule has 4 heterocycles. The molecule has 1 N–H and O–H groups in total. The third-order valence-electron chi connectivity index (χ3n) is 12.0. The number of β-lactam (4-membered cyclic amide) rings is 1. The molecule has 3 saturated heterocycles. The molecule has 3 aliphatic heterocycles. The van der Waals surface area contributed by atoms with Crippen LogP contribution in [0.1, 0.15) is 60.9 Å². The number of alkyl carbamates (subject to hydrolysis) is 1. The minimum Gasteiger partial charge on any atom is -0.459 e. The standard InChI is InChI=1S/C50H57N7O10/c58-44-42(32-40-22-15-26-56(33-40)46(52-47(60)66-35-38-18-7-2-8-19-38)53-48(61)67-36-39-20-9-3-10-21-39)43(45(59)65-34-37-16-5-1-6-17-37)57(44)49(62)54-27-29-55(30-28-54)50(63)64-31-14-4-11-23-41-24-12-13-25-51-41/h1-3,5-10,12-13,16-21,24-25,40,42-43H,4,11,14-15,22-23,26-36H2,(H,52,53,60,61). The Morgan fingerprint density at radius 3 is 1.91 bits per heavy atom. The van der Waals surface area contributed by atoms with Gasteiger partial charge in [0.05, 0.1) is 12.5 Å². The number of carbonyl (C=O) groups is 6. The van der Waals surface area contributed by atoms with Gasteiger partial charge in [0.1, 0.15) is 19.8 Å². The largest absolute Gasteiger partial charge is 0.459 e. The lowest BCUT2D eigenvalue weighted by molar-refractivity contribution is -0.172. The van der Waals surface area contributed by atoms with Crippen molar-refractivity contribution in [1.29, 1.82) is 0 Å². The van der Waals surface area contributed by atoms with Gasteiger partial charge in [0, 0.05) is 51.2 Å². The molecule has 3 unspecified atom stereocenters. The number of hydrogen-bond donors (Lipinski definition) is 1. The van der Waals surface area contributed by atoms with E-state index in [1.807, 2.05) is 109 Å².